The Balaban J connectivity index is 2.64. The first kappa shape index (κ1) is 13.6. The van der Waals surface area contributed by atoms with Gasteiger partial charge in [0.2, 0.25) is 5.95 Å². The summed E-state index contributed by atoms with van der Waals surface area (Å²) in [4.78, 5) is 10.7. The minimum Gasteiger partial charge on any atom is -0.350 e. The molecule has 4 nitrogen and oxygen atoms in total. The third kappa shape index (κ3) is 4.61. The predicted molar refractivity (Wildman–Crippen MR) is 75.6 cm³/mol. The van der Waals surface area contributed by atoms with Crippen LogP contribution in [0.3, 0.4) is 0 Å². The number of hydrogen-bond acceptors (Lipinski definition) is 4. The number of hydrogen-bond donors (Lipinski definition) is 1. The largest absolute Gasteiger partial charge is 0.350 e. The van der Waals surface area contributed by atoms with E-state index in [1.54, 1.807) is 0 Å². The Labute approximate surface area is 111 Å². The maximum absolute atomic E-state index is 4.26. The molecule has 90 valence electrons. The summed E-state index contributed by atoms with van der Waals surface area (Å²) in [6.45, 7) is 5.38. The molecule has 1 N–H and O–H groups in total. The van der Waals surface area contributed by atoms with Crippen molar-refractivity contribution in [3.8, 4) is 0 Å². The lowest BCUT2D eigenvalue weighted by Gasteiger charge is -2.25. The van der Waals surface area contributed by atoms with Crippen molar-refractivity contribution in [2.75, 3.05) is 26.0 Å². The highest BCUT2D eigenvalue weighted by atomic mass is 127. The second kappa shape index (κ2) is 6.34. The highest BCUT2D eigenvalue weighted by molar-refractivity contribution is 14.1. The molecule has 0 amide bonds. The summed E-state index contributed by atoms with van der Waals surface area (Å²) in [5.74, 6) is 1.26. The third-order valence-corrected chi connectivity index (χ3v) is 2.86. The summed E-state index contributed by atoms with van der Waals surface area (Å²) in [6.07, 6.45) is 3.64. The average Bonchev–Trinajstić information content (AvgIpc) is 2.19. The zero-order chi connectivity index (χ0) is 12.1. The van der Waals surface area contributed by atoms with Gasteiger partial charge < -0.3 is 10.2 Å². The Kier molecular flexibility index (Phi) is 5.40. The van der Waals surface area contributed by atoms with E-state index in [1.165, 1.54) is 0 Å². The van der Waals surface area contributed by atoms with Crippen LogP contribution < -0.4 is 5.32 Å². The molecule has 0 radical (unpaired) electrons. The van der Waals surface area contributed by atoms with Gasteiger partial charge in [0, 0.05) is 28.6 Å². The fraction of sp³-hybridized carbons (Fsp3) is 0.636. The van der Waals surface area contributed by atoms with Crippen molar-refractivity contribution in [2.45, 2.75) is 19.9 Å². The Morgan fingerprint density at radius 1 is 1.31 bits per heavy atom. The molecule has 16 heavy (non-hydrogen) atoms. The first-order valence-corrected chi connectivity index (χ1v) is 6.45. The molecule has 0 spiro atoms. The molecule has 0 bridgehead atoms. The van der Waals surface area contributed by atoms with Gasteiger partial charge in [0.1, 0.15) is 0 Å². The zero-order valence-electron chi connectivity index (χ0n) is 10.2. The number of anilines is 1. The Morgan fingerprint density at radius 3 is 2.31 bits per heavy atom. The molecular weight excluding hydrogens is 315 g/mol. The highest BCUT2D eigenvalue weighted by Crippen LogP contribution is 2.10. The molecule has 0 saturated carbocycles. The molecular formula is C11H19IN4. The second-order valence-corrected chi connectivity index (χ2v) is 5.73. The monoisotopic (exact) mass is 334 g/mol. The smallest absolute Gasteiger partial charge is 0.222 e. The van der Waals surface area contributed by atoms with E-state index in [-0.39, 0.29) is 0 Å². The molecule has 1 atom stereocenters. The summed E-state index contributed by atoms with van der Waals surface area (Å²) < 4.78 is 1.05. The van der Waals surface area contributed by atoms with Crippen molar-refractivity contribution in [3.63, 3.8) is 0 Å². The number of nitrogens with zero attached hydrogens (tertiary/aromatic N) is 3. The normalized spacial score (nSPS) is 13.2. The van der Waals surface area contributed by atoms with E-state index in [4.69, 9.17) is 0 Å². The van der Waals surface area contributed by atoms with Crippen LogP contribution in [0.2, 0.25) is 0 Å². The van der Waals surface area contributed by atoms with Crippen molar-refractivity contribution in [1.82, 2.24) is 14.9 Å². The number of rotatable bonds is 5. The van der Waals surface area contributed by atoms with E-state index in [2.05, 4.69) is 70.7 Å². The topological polar surface area (TPSA) is 41.0 Å². The van der Waals surface area contributed by atoms with Crippen LogP contribution in [0.15, 0.2) is 12.4 Å². The first-order chi connectivity index (χ1) is 7.49. The summed E-state index contributed by atoms with van der Waals surface area (Å²) in [5.41, 5.74) is 0. The molecule has 0 saturated heterocycles. The van der Waals surface area contributed by atoms with Gasteiger partial charge in [-0.1, -0.05) is 13.8 Å². The molecule has 0 aliphatic rings. The van der Waals surface area contributed by atoms with Crippen LogP contribution in [0.5, 0.6) is 0 Å². The molecule has 1 unspecified atom stereocenters. The van der Waals surface area contributed by atoms with E-state index < -0.39 is 0 Å². The van der Waals surface area contributed by atoms with Crippen LogP contribution in [0.4, 0.5) is 5.95 Å². The first-order valence-electron chi connectivity index (χ1n) is 5.38. The van der Waals surface area contributed by atoms with E-state index in [1.807, 2.05) is 12.4 Å². The van der Waals surface area contributed by atoms with Crippen molar-refractivity contribution in [2.24, 2.45) is 5.92 Å². The highest BCUT2D eigenvalue weighted by Gasteiger charge is 2.14. The van der Waals surface area contributed by atoms with Crippen LogP contribution in [0, 0.1) is 9.49 Å². The van der Waals surface area contributed by atoms with E-state index in [0.717, 1.165) is 10.1 Å². The van der Waals surface area contributed by atoms with Gasteiger partial charge in [0.25, 0.3) is 0 Å². The molecule has 1 aromatic heterocycles. The summed E-state index contributed by atoms with van der Waals surface area (Å²) in [5, 5.41) is 3.37. The lowest BCUT2D eigenvalue weighted by atomic mass is 10.0. The average molecular weight is 334 g/mol. The number of nitrogens with one attached hydrogen (secondary N) is 1. The minimum absolute atomic E-state index is 0.370. The second-order valence-electron chi connectivity index (χ2n) is 4.48. The van der Waals surface area contributed by atoms with Crippen molar-refractivity contribution < 1.29 is 0 Å². The molecule has 5 heteroatoms. The van der Waals surface area contributed by atoms with Gasteiger partial charge in [-0.2, -0.15) is 0 Å². The fourth-order valence-electron chi connectivity index (χ4n) is 1.37. The van der Waals surface area contributed by atoms with Gasteiger partial charge in [-0.05, 0) is 42.6 Å². The summed E-state index contributed by atoms with van der Waals surface area (Å²) in [7, 11) is 4.15. The Morgan fingerprint density at radius 2 is 1.88 bits per heavy atom. The predicted octanol–water partition coefficient (Wildman–Crippen LogP) is 2.08. The quantitative estimate of drug-likeness (QED) is 0.837. The number of aromatic nitrogens is 2. The molecule has 0 aliphatic carbocycles. The molecule has 0 fully saturated rings. The van der Waals surface area contributed by atoms with Crippen LogP contribution >= 0.6 is 22.6 Å². The van der Waals surface area contributed by atoms with E-state index in [0.29, 0.717) is 17.9 Å². The molecule has 0 aliphatic heterocycles. The van der Waals surface area contributed by atoms with Gasteiger partial charge in [-0.3, -0.25) is 0 Å². The third-order valence-electron chi connectivity index (χ3n) is 2.30. The maximum Gasteiger partial charge on any atom is 0.222 e. The Hall–Kier alpha value is -0.430. The summed E-state index contributed by atoms with van der Waals surface area (Å²) in [6, 6.07) is 0.370. The minimum atomic E-state index is 0.370. The van der Waals surface area contributed by atoms with Crippen LogP contribution in [-0.4, -0.2) is 41.5 Å². The van der Waals surface area contributed by atoms with Gasteiger partial charge in [-0.25, -0.2) is 9.97 Å². The number of halogens is 1. The van der Waals surface area contributed by atoms with Crippen molar-refractivity contribution in [1.29, 1.82) is 0 Å². The lowest BCUT2D eigenvalue weighted by molar-refractivity contribution is 0.343. The van der Waals surface area contributed by atoms with Gasteiger partial charge >= 0.3 is 0 Å². The Bertz CT molecular complexity index is 310. The van der Waals surface area contributed by atoms with E-state index in [9.17, 15) is 0 Å². The zero-order valence-corrected chi connectivity index (χ0v) is 12.4. The van der Waals surface area contributed by atoms with Gasteiger partial charge in [-0.15, -0.1) is 0 Å². The molecule has 0 aromatic carbocycles. The van der Waals surface area contributed by atoms with Crippen LogP contribution in [0.25, 0.3) is 0 Å². The fourth-order valence-corrected chi connectivity index (χ4v) is 1.65. The SMILES string of the molecule is CC(C)C(CN(C)C)Nc1ncc(I)cn1. The van der Waals surface area contributed by atoms with Crippen LogP contribution in [0.1, 0.15) is 13.8 Å². The molecule has 1 rings (SSSR count). The summed E-state index contributed by atoms with van der Waals surface area (Å²) >= 11 is 2.20. The lowest BCUT2D eigenvalue weighted by Crippen LogP contribution is -2.36. The standard InChI is InChI=1S/C11H19IN4/c1-8(2)10(7-16(3)4)15-11-13-5-9(12)6-14-11/h5-6,8,10H,7H2,1-4H3,(H,13,14,15). The number of likely N-dealkylation sites (N-methyl/N-ethyl adjacent to an activating group) is 1. The molecule has 1 heterocycles. The van der Waals surface area contributed by atoms with Gasteiger partial charge in [0.05, 0.1) is 0 Å². The van der Waals surface area contributed by atoms with Gasteiger partial charge in [0.15, 0.2) is 0 Å². The van der Waals surface area contributed by atoms with E-state index >= 15 is 0 Å². The van der Waals surface area contributed by atoms with Crippen molar-refractivity contribution in [3.05, 3.63) is 16.0 Å². The molecule has 1 aromatic rings. The van der Waals surface area contributed by atoms with Crippen molar-refractivity contribution >= 4 is 28.5 Å². The maximum atomic E-state index is 4.26. The van der Waals surface area contributed by atoms with Crippen LogP contribution in [-0.2, 0) is 0 Å².